The molecule has 0 radical (unpaired) electrons. The predicted octanol–water partition coefficient (Wildman–Crippen LogP) is 4.11. The topological polar surface area (TPSA) is 81.5 Å². The van der Waals surface area contributed by atoms with Gasteiger partial charge in [-0.1, -0.05) is 11.6 Å². The quantitative estimate of drug-likeness (QED) is 0.448. The number of amides is 1. The summed E-state index contributed by atoms with van der Waals surface area (Å²) in [5, 5.41) is 13.8. The first kappa shape index (κ1) is 16.5. The van der Waals surface area contributed by atoms with Gasteiger partial charge in [-0.2, -0.15) is 0 Å². The first-order chi connectivity index (χ1) is 10.4. The highest BCUT2D eigenvalue weighted by Crippen LogP contribution is 2.28. The first-order valence-corrected chi connectivity index (χ1v) is 7.47. The van der Waals surface area contributed by atoms with Crippen LogP contribution in [-0.2, 0) is 0 Å². The average molecular weight is 433 g/mol. The van der Waals surface area contributed by atoms with Gasteiger partial charge in [0.25, 0.3) is 11.6 Å². The fourth-order valence-electron chi connectivity index (χ4n) is 1.74. The number of nitro groups is 1. The van der Waals surface area contributed by atoms with Crippen LogP contribution in [0.25, 0.3) is 0 Å². The summed E-state index contributed by atoms with van der Waals surface area (Å²) >= 11 is 7.88. The molecule has 0 aromatic heterocycles. The summed E-state index contributed by atoms with van der Waals surface area (Å²) in [6, 6.07) is 8.91. The fourth-order valence-corrected chi connectivity index (χ4v) is 2.75. The van der Waals surface area contributed by atoms with Gasteiger partial charge in [-0.15, -0.1) is 0 Å². The number of non-ortho nitro benzene ring substituents is 1. The molecule has 6 nitrogen and oxygen atoms in total. The Balaban J connectivity index is 2.22. The Bertz CT molecular complexity index is 752. The number of anilines is 1. The Morgan fingerprint density at radius 1 is 1.32 bits per heavy atom. The second-order valence-corrected chi connectivity index (χ2v) is 5.79. The number of nitrogens with one attached hydrogen (secondary N) is 1. The molecule has 114 valence electrons. The van der Waals surface area contributed by atoms with Crippen LogP contribution in [-0.4, -0.2) is 17.9 Å². The van der Waals surface area contributed by atoms with Crippen LogP contribution in [0.4, 0.5) is 11.4 Å². The van der Waals surface area contributed by atoms with E-state index >= 15 is 0 Å². The van der Waals surface area contributed by atoms with Gasteiger partial charge >= 0.3 is 0 Å². The smallest absolute Gasteiger partial charge is 0.270 e. The number of methoxy groups -OCH3 is 1. The Labute approximate surface area is 144 Å². The van der Waals surface area contributed by atoms with Gasteiger partial charge < -0.3 is 10.1 Å². The summed E-state index contributed by atoms with van der Waals surface area (Å²) in [6.45, 7) is 0. The van der Waals surface area contributed by atoms with Gasteiger partial charge in [-0.3, -0.25) is 14.9 Å². The Morgan fingerprint density at radius 2 is 2.05 bits per heavy atom. The summed E-state index contributed by atoms with van der Waals surface area (Å²) in [5.41, 5.74) is 0.788. The van der Waals surface area contributed by atoms with Crippen molar-refractivity contribution in [1.29, 1.82) is 0 Å². The van der Waals surface area contributed by atoms with Crippen molar-refractivity contribution in [2.75, 3.05) is 12.4 Å². The summed E-state index contributed by atoms with van der Waals surface area (Å²) in [5.74, 6) is 0.130. The normalized spacial score (nSPS) is 10.1. The average Bonchev–Trinajstić information content (AvgIpc) is 2.47. The van der Waals surface area contributed by atoms with E-state index in [-0.39, 0.29) is 11.6 Å². The number of rotatable bonds is 4. The molecule has 0 aliphatic carbocycles. The third-order valence-electron chi connectivity index (χ3n) is 2.82. The minimum atomic E-state index is -0.507. The van der Waals surface area contributed by atoms with Gasteiger partial charge in [0, 0.05) is 21.4 Å². The zero-order valence-electron chi connectivity index (χ0n) is 11.3. The summed E-state index contributed by atoms with van der Waals surface area (Å²) in [4.78, 5) is 22.4. The maximum absolute atomic E-state index is 12.2. The molecule has 1 N–H and O–H groups in total. The number of hydrogen-bond acceptors (Lipinski definition) is 4. The monoisotopic (exact) mass is 432 g/mol. The van der Waals surface area contributed by atoms with Gasteiger partial charge in [-0.05, 0) is 46.9 Å². The number of carbonyl (C=O) groups is 1. The van der Waals surface area contributed by atoms with Crippen molar-refractivity contribution < 1.29 is 14.5 Å². The highest BCUT2D eigenvalue weighted by molar-refractivity contribution is 14.1. The first-order valence-electron chi connectivity index (χ1n) is 6.01. The van der Waals surface area contributed by atoms with Crippen LogP contribution in [0.5, 0.6) is 5.75 Å². The number of benzene rings is 2. The largest absolute Gasteiger partial charge is 0.495 e. The number of ether oxygens (including phenoxy) is 1. The molecule has 0 bridgehead atoms. The zero-order chi connectivity index (χ0) is 16.3. The zero-order valence-corrected chi connectivity index (χ0v) is 14.2. The van der Waals surface area contributed by atoms with Gasteiger partial charge in [0.05, 0.1) is 22.6 Å². The second-order valence-electron chi connectivity index (χ2n) is 4.22. The van der Waals surface area contributed by atoms with Crippen LogP contribution in [0, 0.1) is 13.7 Å². The van der Waals surface area contributed by atoms with Crippen molar-refractivity contribution in [3.05, 3.63) is 60.7 Å². The highest BCUT2D eigenvalue weighted by atomic mass is 127. The lowest BCUT2D eigenvalue weighted by Gasteiger charge is -2.09. The molecule has 0 atom stereocenters. The highest BCUT2D eigenvalue weighted by Gasteiger charge is 2.15. The fraction of sp³-hybridized carbons (Fsp3) is 0.0714. The third-order valence-corrected chi connectivity index (χ3v) is 4.01. The molecule has 0 saturated heterocycles. The number of nitrogens with zero attached hydrogens (tertiary/aromatic N) is 1. The Morgan fingerprint density at radius 3 is 2.59 bits per heavy atom. The van der Waals surface area contributed by atoms with Gasteiger partial charge in [0.2, 0.25) is 0 Å². The maximum atomic E-state index is 12.2. The number of nitro benzene ring substituents is 1. The Hall–Kier alpha value is -1.87. The van der Waals surface area contributed by atoms with Crippen molar-refractivity contribution in [3.63, 3.8) is 0 Å². The van der Waals surface area contributed by atoms with Crippen molar-refractivity contribution in [3.8, 4) is 5.75 Å². The molecule has 0 fully saturated rings. The molecule has 0 spiro atoms. The SMILES string of the molecule is COc1ccc(NC(=O)c2ccc([N+](=O)[O-])cc2I)cc1Cl. The van der Waals surface area contributed by atoms with E-state index in [9.17, 15) is 14.9 Å². The second kappa shape index (κ2) is 6.93. The predicted molar refractivity (Wildman–Crippen MR) is 91.8 cm³/mol. The molecule has 2 rings (SSSR count). The molecule has 0 saturated carbocycles. The molecule has 22 heavy (non-hydrogen) atoms. The van der Waals surface area contributed by atoms with Crippen LogP contribution in [0.1, 0.15) is 10.4 Å². The third kappa shape index (κ3) is 3.66. The van der Waals surface area contributed by atoms with E-state index < -0.39 is 4.92 Å². The Kier molecular flexibility index (Phi) is 5.19. The lowest BCUT2D eigenvalue weighted by molar-refractivity contribution is -0.384. The van der Waals surface area contributed by atoms with Crippen LogP contribution in [0.3, 0.4) is 0 Å². The molecule has 1 amide bonds. The molecule has 2 aromatic rings. The van der Waals surface area contributed by atoms with Crippen LogP contribution >= 0.6 is 34.2 Å². The minimum absolute atomic E-state index is 0.0616. The lowest BCUT2D eigenvalue weighted by atomic mass is 10.2. The number of carbonyl (C=O) groups excluding carboxylic acids is 1. The molecular weight excluding hydrogens is 423 g/mol. The standard InChI is InChI=1S/C14H10ClIN2O4/c1-22-13-5-2-8(6-11(13)15)17-14(19)10-4-3-9(18(20)21)7-12(10)16/h2-7H,1H3,(H,17,19). The van der Waals surface area contributed by atoms with E-state index in [0.717, 1.165) is 0 Å². The van der Waals surface area contributed by atoms with Gasteiger partial charge in [0.1, 0.15) is 5.75 Å². The van der Waals surface area contributed by atoms with E-state index in [2.05, 4.69) is 5.32 Å². The van der Waals surface area contributed by atoms with Crippen molar-refractivity contribution in [1.82, 2.24) is 0 Å². The summed E-state index contributed by atoms with van der Waals surface area (Å²) < 4.78 is 5.52. The molecule has 0 unspecified atom stereocenters. The minimum Gasteiger partial charge on any atom is -0.495 e. The lowest BCUT2D eigenvalue weighted by Crippen LogP contribution is -2.13. The van der Waals surface area contributed by atoms with E-state index in [1.165, 1.54) is 25.3 Å². The van der Waals surface area contributed by atoms with E-state index in [0.29, 0.717) is 25.6 Å². The van der Waals surface area contributed by atoms with Crippen LogP contribution in [0.2, 0.25) is 5.02 Å². The van der Waals surface area contributed by atoms with E-state index in [4.69, 9.17) is 16.3 Å². The summed E-state index contributed by atoms with van der Waals surface area (Å²) in [7, 11) is 1.50. The molecule has 0 heterocycles. The van der Waals surface area contributed by atoms with Crippen LogP contribution < -0.4 is 10.1 Å². The van der Waals surface area contributed by atoms with Crippen LogP contribution in [0.15, 0.2) is 36.4 Å². The molecule has 0 aliphatic heterocycles. The van der Waals surface area contributed by atoms with Gasteiger partial charge in [0.15, 0.2) is 0 Å². The molecule has 2 aromatic carbocycles. The summed E-state index contributed by atoms with van der Waals surface area (Å²) in [6.07, 6.45) is 0. The maximum Gasteiger partial charge on any atom is 0.270 e. The van der Waals surface area contributed by atoms with Crippen molar-refractivity contribution in [2.45, 2.75) is 0 Å². The number of halogens is 2. The van der Waals surface area contributed by atoms with E-state index in [1.807, 2.05) is 22.6 Å². The molecule has 8 heteroatoms. The molecule has 0 aliphatic rings. The van der Waals surface area contributed by atoms with Crippen molar-refractivity contribution in [2.24, 2.45) is 0 Å². The number of hydrogen-bond donors (Lipinski definition) is 1. The van der Waals surface area contributed by atoms with Gasteiger partial charge in [-0.25, -0.2) is 0 Å². The van der Waals surface area contributed by atoms with Crippen molar-refractivity contribution >= 4 is 51.5 Å². The molecular formula is C14H10ClIN2O4. The van der Waals surface area contributed by atoms with E-state index in [1.54, 1.807) is 18.2 Å².